The van der Waals surface area contributed by atoms with Crippen LogP contribution in [0.25, 0.3) is 0 Å². The Hall–Kier alpha value is -0.960. The van der Waals surface area contributed by atoms with Gasteiger partial charge in [-0.05, 0) is 13.0 Å². The maximum atomic E-state index is 4.27. The highest BCUT2D eigenvalue weighted by atomic mass is 15.0. The van der Waals surface area contributed by atoms with Crippen molar-refractivity contribution >= 4 is 0 Å². The summed E-state index contributed by atoms with van der Waals surface area (Å²) >= 11 is 0. The Balaban J connectivity index is 2.52. The number of rotatable bonds is 3. The third-order valence-electron chi connectivity index (χ3n) is 1.51. The minimum atomic E-state index is 0.481. The Morgan fingerprint density at radius 3 is 2.83 bits per heavy atom. The number of hydrogen-bond donors (Lipinski definition) is 1. The summed E-state index contributed by atoms with van der Waals surface area (Å²) in [6.45, 7) is 6.94. The monoisotopic (exact) mass is 165 g/mol. The third kappa shape index (κ3) is 2.96. The molecule has 1 N–H and O–H groups in total. The molecule has 0 aliphatic heterocycles. The molecule has 0 fully saturated rings. The second-order valence-electron chi connectivity index (χ2n) is 3.15. The molecule has 1 aromatic heterocycles. The summed E-state index contributed by atoms with van der Waals surface area (Å²) in [4.78, 5) is 8.41. The Labute approximate surface area is 73.2 Å². The average molecular weight is 165 g/mol. The molecule has 0 amide bonds. The van der Waals surface area contributed by atoms with Gasteiger partial charge < -0.3 is 5.32 Å². The van der Waals surface area contributed by atoms with Gasteiger partial charge >= 0.3 is 0 Å². The van der Waals surface area contributed by atoms with Crippen molar-refractivity contribution in [2.24, 2.45) is 0 Å². The summed E-state index contributed by atoms with van der Waals surface area (Å²) in [6, 6.07) is 2.38. The zero-order valence-corrected chi connectivity index (χ0v) is 7.83. The van der Waals surface area contributed by atoms with Gasteiger partial charge in [-0.1, -0.05) is 13.8 Å². The van der Waals surface area contributed by atoms with Gasteiger partial charge in [-0.2, -0.15) is 0 Å². The Kier molecular flexibility index (Phi) is 3.17. The van der Waals surface area contributed by atoms with Gasteiger partial charge in [-0.15, -0.1) is 0 Å². The molecule has 12 heavy (non-hydrogen) atoms. The van der Waals surface area contributed by atoms with E-state index in [1.165, 1.54) is 0 Å². The standard InChI is InChI=1S/C9H15N3/c1-7(2)11-6-9-10-5-4-8(3)12-9/h4-5,7,11H,6H2,1-3H3. The van der Waals surface area contributed by atoms with Crippen LogP contribution in [-0.4, -0.2) is 16.0 Å². The van der Waals surface area contributed by atoms with Gasteiger partial charge in [0.15, 0.2) is 0 Å². The molecule has 3 nitrogen and oxygen atoms in total. The molecule has 0 saturated heterocycles. The molecular weight excluding hydrogens is 150 g/mol. The minimum Gasteiger partial charge on any atom is -0.308 e. The smallest absolute Gasteiger partial charge is 0.142 e. The number of nitrogens with one attached hydrogen (secondary N) is 1. The summed E-state index contributed by atoms with van der Waals surface area (Å²) in [5.74, 6) is 0.865. The molecule has 0 unspecified atom stereocenters. The summed E-state index contributed by atoms with van der Waals surface area (Å²) in [5.41, 5.74) is 1.02. The van der Waals surface area contributed by atoms with Gasteiger partial charge in [0.05, 0.1) is 6.54 Å². The zero-order chi connectivity index (χ0) is 8.97. The van der Waals surface area contributed by atoms with Crippen LogP contribution in [0.1, 0.15) is 25.4 Å². The normalized spacial score (nSPS) is 10.7. The van der Waals surface area contributed by atoms with E-state index in [-0.39, 0.29) is 0 Å². The average Bonchev–Trinajstić information content (AvgIpc) is 2.01. The lowest BCUT2D eigenvalue weighted by Gasteiger charge is -2.06. The summed E-state index contributed by atoms with van der Waals surface area (Å²) in [6.07, 6.45) is 1.79. The lowest BCUT2D eigenvalue weighted by atomic mass is 10.4. The third-order valence-corrected chi connectivity index (χ3v) is 1.51. The maximum Gasteiger partial charge on any atom is 0.142 e. The quantitative estimate of drug-likeness (QED) is 0.733. The van der Waals surface area contributed by atoms with Crippen LogP contribution in [0.2, 0.25) is 0 Å². The van der Waals surface area contributed by atoms with Crippen molar-refractivity contribution < 1.29 is 0 Å². The molecule has 0 aliphatic rings. The fourth-order valence-corrected chi connectivity index (χ4v) is 0.881. The molecule has 1 rings (SSSR count). The van der Waals surface area contributed by atoms with E-state index in [1.54, 1.807) is 6.20 Å². The van der Waals surface area contributed by atoms with E-state index >= 15 is 0 Å². The van der Waals surface area contributed by atoms with E-state index in [9.17, 15) is 0 Å². The second-order valence-corrected chi connectivity index (χ2v) is 3.15. The molecule has 0 radical (unpaired) electrons. The predicted octanol–water partition coefficient (Wildman–Crippen LogP) is 1.28. The molecule has 1 aromatic rings. The van der Waals surface area contributed by atoms with Crippen molar-refractivity contribution in [3.8, 4) is 0 Å². The molecular formula is C9H15N3. The minimum absolute atomic E-state index is 0.481. The van der Waals surface area contributed by atoms with Crippen molar-refractivity contribution in [3.05, 3.63) is 23.8 Å². The molecule has 66 valence electrons. The van der Waals surface area contributed by atoms with Gasteiger partial charge in [0.25, 0.3) is 0 Å². The van der Waals surface area contributed by atoms with Crippen molar-refractivity contribution in [1.82, 2.24) is 15.3 Å². The molecule has 0 saturated carbocycles. The van der Waals surface area contributed by atoms with Crippen molar-refractivity contribution in [2.75, 3.05) is 0 Å². The first-order valence-electron chi connectivity index (χ1n) is 4.20. The lowest BCUT2D eigenvalue weighted by molar-refractivity contribution is 0.571. The Morgan fingerprint density at radius 1 is 1.50 bits per heavy atom. The maximum absolute atomic E-state index is 4.27. The van der Waals surface area contributed by atoms with Crippen LogP contribution in [0.4, 0.5) is 0 Å². The summed E-state index contributed by atoms with van der Waals surface area (Å²) < 4.78 is 0. The number of aryl methyl sites for hydroxylation is 1. The first-order chi connectivity index (χ1) is 5.68. The highest BCUT2D eigenvalue weighted by molar-refractivity contribution is 4.99. The predicted molar refractivity (Wildman–Crippen MR) is 48.7 cm³/mol. The van der Waals surface area contributed by atoms with Crippen LogP contribution in [0, 0.1) is 6.92 Å². The topological polar surface area (TPSA) is 37.8 Å². The second kappa shape index (κ2) is 4.16. The fourth-order valence-electron chi connectivity index (χ4n) is 0.881. The summed E-state index contributed by atoms with van der Waals surface area (Å²) in [7, 11) is 0. The fraction of sp³-hybridized carbons (Fsp3) is 0.556. The van der Waals surface area contributed by atoms with Gasteiger partial charge in [0.1, 0.15) is 5.82 Å². The van der Waals surface area contributed by atoms with Crippen molar-refractivity contribution in [1.29, 1.82) is 0 Å². The number of nitrogens with zero attached hydrogens (tertiary/aromatic N) is 2. The molecule has 0 atom stereocenters. The van der Waals surface area contributed by atoms with Crippen molar-refractivity contribution in [2.45, 2.75) is 33.4 Å². The molecule has 0 aromatic carbocycles. The zero-order valence-electron chi connectivity index (χ0n) is 7.83. The molecule has 3 heteroatoms. The van der Waals surface area contributed by atoms with Crippen LogP contribution in [0.15, 0.2) is 12.3 Å². The SMILES string of the molecule is Cc1ccnc(CNC(C)C)n1. The highest BCUT2D eigenvalue weighted by Gasteiger charge is 1.96. The van der Waals surface area contributed by atoms with E-state index in [0.29, 0.717) is 6.04 Å². The van der Waals surface area contributed by atoms with Gasteiger partial charge in [0.2, 0.25) is 0 Å². The summed E-state index contributed by atoms with van der Waals surface area (Å²) in [5, 5.41) is 3.26. The van der Waals surface area contributed by atoms with Gasteiger partial charge in [0, 0.05) is 17.9 Å². The van der Waals surface area contributed by atoms with E-state index in [1.807, 2.05) is 13.0 Å². The van der Waals surface area contributed by atoms with Crippen LogP contribution in [0.3, 0.4) is 0 Å². The van der Waals surface area contributed by atoms with Gasteiger partial charge in [-0.25, -0.2) is 9.97 Å². The lowest BCUT2D eigenvalue weighted by Crippen LogP contribution is -2.23. The van der Waals surface area contributed by atoms with Crippen molar-refractivity contribution in [3.63, 3.8) is 0 Å². The Bertz CT molecular complexity index is 245. The molecule has 0 spiro atoms. The first-order valence-corrected chi connectivity index (χ1v) is 4.20. The largest absolute Gasteiger partial charge is 0.308 e. The Morgan fingerprint density at radius 2 is 2.25 bits per heavy atom. The molecule has 1 heterocycles. The number of aromatic nitrogens is 2. The molecule has 0 aliphatic carbocycles. The highest BCUT2D eigenvalue weighted by Crippen LogP contribution is 1.93. The first kappa shape index (κ1) is 9.13. The van der Waals surface area contributed by atoms with Crippen LogP contribution in [0.5, 0.6) is 0 Å². The van der Waals surface area contributed by atoms with E-state index in [4.69, 9.17) is 0 Å². The van der Waals surface area contributed by atoms with Gasteiger partial charge in [-0.3, -0.25) is 0 Å². The van der Waals surface area contributed by atoms with E-state index in [2.05, 4.69) is 29.1 Å². The van der Waals surface area contributed by atoms with Crippen LogP contribution in [-0.2, 0) is 6.54 Å². The van der Waals surface area contributed by atoms with Crippen LogP contribution < -0.4 is 5.32 Å². The molecule has 0 bridgehead atoms. The van der Waals surface area contributed by atoms with E-state index < -0.39 is 0 Å². The van der Waals surface area contributed by atoms with E-state index in [0.717, 1.165) is 18.1 Å². The van der Waals surface area contributed by atoms with Crippen LogP contribution >= 0.6 is 0 Å². The number of hydrogen-bond acceptors (Lipinski definition) is 3.